The lowest BCUT2D eigenvalue weighted by Gasteiger charge is -2.11. The quantitative estimate of drug-likeness (QED) is 0.364. The van der Waals surface area contributed by atoms with Crippen LogP contribution in [0.25, 0.3) is 0 Å². The molecule has 0 saturated carbocycles. The number of guanidine groups is 1. The molecule has 0 aliphatic carbocycles. The maximum Gasteiger partial charge on any atom is 0.191 e. The van der Waals surface area contributed by atoms with Crippen LogP contribution in [0.4, 0.5) is 0 Å². The highest BCUT2D eigenvalue weighted by Gasteiger charge is 2.03. The smallest absolute Gasteiger partial charge is 0.191 e. The summed E-state index contributed by atoms with van der Waals surface area (Å²) in [6, 6.07) is 0. The van der Waals surface area contributed by atoms with Crippen molar-refractivity contribution in [1.82, 2.24) is 20.5 Å². The molecule has 1 aromatic heterocycles. The average molecular weight is 354 g/mol. The van der Waals surface area contributed by atoms with Gasteiger partial charge in [-0.25, -0.2) is 9.98 Å². The molecular formula is C18H35N5S. The van der Waals surface area contributed by atoms with Gasteiger partial charge in [-0.2, -0.15) is 0 Å². The number of nitrogens with zero attached hydrogens (tertiary/aromatic N) is 3. The van der Waals surface area contributed by atoms with E-state index < -0.39 is 0 Å². The van der Waals surface area contributed by atoms with Crippen molar-refractivity contribution in [2.24, 2.45) is 4.99 Å². The van der Waals surface area contributed by atoms with Gasteiger partial charge < -0.3 is 15.5 Å². The van der Waals surface area contributed by atoms with Crippen molar-refractivity contribution < 1.29 is 0 Å². The van der Waals surface area contributed by atoms with Crippen LogP contribution in [0.3, 0.4) is 0 Å². The number of thiazole rings is 1. The minimum Gasteiger partial charge on any atom is -0.357 e. The minimum atomic E-state index is 0.652. The first kappa shape index (κ1) is 20.9. The van der Waals surface area contributed by atoms with Crippen LogP contribution in [0.15, 0.2) is 4.99 Å². The monoisotopic (exact) mass is 353 g/mol. The molecule has 0 spiro atoms. The van der Waals surface area contributed by atoms with Crippen molar-refractivity contribution >= 4 is 17.3 Å². The highest BCUT2D eigenvalue weighted by molar-refractivity contribution is 7.11. The van der Waals surface area contributed by atoms with Gasteiger partial charge in [0.2, 0.25) is 0 Å². The number of unbranched alkanes of at least 4 members (excludes halogenated alkanes) is 4. The molecule has 0 fully saturated rings. The van der Waals surface area contributed by atoms with Gasteiger partial charge in [-0.15, -0.1) is 11.3 Å². The number of hydrogen-bond donors (Lipinski definition) is 2. The molecule has 24 heavy (non-hydrogen) atoms. The molecule has 5 nitrogen and oxygen atoms in total. The van der Waals surface area contributed by atoms with E-state index in [4.69, 9.17) is 0 Å². The van der Waals surface area contributed by atoms with E-state index in [9.17, 15) is 0 Å². The maximum atomic E-state index is 4.64. The lowest BCUT2D eigenvalue weighted by molar-refractivity contribution is 0.389. The summed E-state index contributed by atoms with van der Waals surface area (Å²) in [5, 5.41) is 7.82. The van der Waals surface area contributed by atoms with Gasteiger partial charge in [0.15, 0.2) is 5.96 Å². The van der Waals surface area contributed by atoms with Crippen LogP contribution < -0.4 is 10.6 Å². The fourth-order valence-corrected chi connectivity index (χ4v) is 3.24. The minimum absolute atomic E-state index is 0.652. The molecule has 0 aromatic carbocycles. The molecule has 0 aliphatic heterocycles. The fourth-order valence-electron chi connectivity index (χ4n) is 2.39. The highest BCUT2D eigenvalue weighted by atomic mass is 32.1. The van der Waals surface area contributed by atoms with E-state index in [2.05, 4.69) is 60.4 Å². The van der Waals surface area contributed by atoms with E-state index >= 15 is 0 Å². The fraction of sp³-hybridized carbons (Fsp3) is 0.778. The average Bonchev–Trinajstić information content (AvgIpc) is 2.85. The summed E-state index contributed by atoms with van der Waals surface area (Å²) >= 11 is 1.74. The van der Waals surface area contributed by atoms with Gasteiger partial charge in [0, 0.05) is 18.0 Å². The van der Waals surface area contributed by atoms with Gasteiger partial charge in [-0.05, 0) is 54.3 Å². The van der Waals surface area contributed by atoms with Crippen LogP contribution in [0.2, 0.25) is 0 Å². The molecule has 0 amide bonds. The molecule has 1 heterocycles. The first-order valence-electron chi connectivity index (χ1n) is 9.12. The number of nitrogens with one attached hydrogen (secondary N) is 2. The van der Waals surface area contributed by atoms with Crippen LogP contribution in [0.1, 0.15) is 54.6 Å². The molecule has 0 saturated heterocycles. The number of hydrogen-bond acceptors (Lipinski definition) is 4. The third-order valence-corrected chi connectivity index (χ3v) is 4.92. The second-order valence-corrected chi connectivity index (χ2v) is 7.73. The summed E-state index contributed by atoms with van der Waals surface area (Å²) in [4.78, 5) is 12.7. The number of rotatable bonds is 11. The summed E-state index contributed by atoms with van der Waals surface area (Å²) < 4.78 is 0. The van der Waals surface area contributed by atoms with Gasteiger partial charge in [0.25, 0.3) is 0 Å². The second-order valence-electron chi connectivity index (χ2n) is 6.44. The van der Waals surface area contributed by atoms with Crippen molar-refractivity contribution in [2.45, 2.75) is 59.4 Å². The van der Waals surface area contributed by atoms with Crippen molar-refractivity contribution in [3.05, 3.63) is 15.6 Å². The Kier molecular flexibility index (Phi) is 10.7. The lowest BCUT2D eigenvalue weighted by atomic mass is 10.1. The van der Waals surface area contributed by atoms with E-state index in [0.29, 0.717) is 6.54 Å². The number of aryl methyl sites for hydroxylation is 2. The Morgan fingerprint density at radius 1 is 1.08 bits per heavy atom. The zero-order valence-corrected chi connectivity index (χ0v) is 16.9. The topological polar surface area (TPSA) is 52.6 Å². The highest BCUT2D eigenvalue weighted by Crippen LogP contribution is 2.16. The van der Waals surface area contributed by atoms with Gasteiger partial charge >= 0.3 is 0 Å². The molecule has 0 radical (unpaired) electrons. The Labute approximate surface area is 152 Å². The van der Waals surface area contributed by atoms with E-state index in [1.807, 2.05) is 0 Å². The van der Waals surface area contributed by atoms with Crippen LogP contribution >= 0.6 is 11.3 Å². The second kappa shape index (κ2) is 12.3. The first-order chi connectivity index (χ1) is 11.5. The molecule has 138 valence electrons. The molecule has 0 atom stereocenters. The first-order valence-corrected chi connectivity index (χ1v) is 9.94. The van der Waals surface area contributed by atoms with Crippen LogP contribution in [-0.4, -0.2) is 49.6 Å². The molecule has 0 aliphatic rings. The number of aliphatic imine (C=N–C) groups is 1. The normalized spacial score (nSPS) is 12.0. The van der Waals surface area contributed by atoms with Crippen LogP contribution in [0.5, 0.6) is 0 Å². The Balaban J connectivity index is 2.21. The number of aromatic nitrogens is 1. The van der Waals surface area contributed by atoms with E-state index in [-0.39, 0.29) is 0 Å². The zero-order chi connectivity index (χ0) is 17.8. The van der Waals surface area contributed by atoms with Crippen LogP contribution in [0, 0.1) is 13.8 Å². The molecular weight excluding hydrogens is 318 g/mol. The third kappa shape index (κ3) is 9.23. The SMILES string of the molecule is CCNC(=NCc1nc(C)c(C)s1)NCCCCCCCN(C)C. The third-order valence-electron chi connectivity index (χ3n) is 3.86. The van der Waals surface area contributed by atoms with Crippen molar-refractivity contribution in [2.75, 3.05) is 33.7 Å². The predicted molar refractivity (Wildman–Crippen MR) is 106 cm³/mol. The largest absolute Gasteiger partial charge is 0.357 e. The zero-order valence-electron chi connectivity index (χ0n) is 16.1. The Morgan fingerprint density at radius 2 is 1.79 bits per heavy atom. The van der Waals surface area contributed by atoms with Gasteiger partial charge in [-0.3, -0.25) is 0 Å². The van der Waals surface area contributed by atoms with Crippen molar-refractivity contribution in [1.29, 1.82) is 0 Å². The summed E-state index contributed by atoms with van der Waals surface area (Å²) in [5.41, 5.74) is 1.12. The van der Waals surface area contributed by atoms with Gasteiger partial charge in [0.1, 0.15) is 5.01 Å². The Morgan fingerprint density at radius 3 is 2.42 bits per heavy atom. The summed E-state index contributed by atoms with van der Waals surface area (Å²) in [5.74, 6) is 0.899. The molecule has 1 rings (SSSR count). The standard InChI is InChI=1S/C18H35N5S/c1-6-19-18(21-14-17-22-15(2)16(3)24-17)20-12-10-8-7-9-11-13-23(4)5/h6-14H2,1-5H3,(H2,19,20,21). The molecule has 0 bridgehead atoms. The summed E-state index contributed by atoms with van der Waals surface area (Å²) in [7, 11) is 4.28. The Bertz CT molecular complexity index is 462. The van der Waals surface area contributed by atoms with Crippen molar-refractivity contribution in [3.63, 3.8) is 0 Å². The molecule has 0 unspecified atom stereocenters. The predicted octanol–water partition coefficient (Wildman–Crippen LogP) is 3.33. The van der Waals surface area contributed by atoms with E-state index in [1.54, 1.807) is 11.3 Å². The molecule has 6 heteroatoms. The summed E-state index contributed by atoms with van der Waals surface area (Å²) in [6.07, 6.45) is 6.43. The molecule has 1 aromatic rings. The lowest BCUT2D eigenvalue weighted by Crippen LogP contribution is -2.37. The maximum absolute atomic E-state index is 4.64. The summed E-state index contributed by atoms with van der Waals surface area (Å²) in [6.45, 7) is 9.98. The van der Waals surface area contributed by atoms with E-state index in [0.717, 1.165) is 29.8 Å². The van der Waals surface area contributed by atoms with Crippen LogP contribution in [-0.2, 0) is 6.54 Å². The van der Waals surface area contributed by atoms with Crippen molar-refractivity contribution in [3.8, 4) is 0 Å². The molecule has 2 N–H and O–H groups in total. The Hall–Kier alpha value is -1.14. The van der Waals surface area contributed by atoms with E-state index in [1.165, 1.54) is 43.5 Å². The van der Waals surface area contributed by atoms with Gasteiger partial charge in [0.05, 0.1) is 12.2 Å². The van der Waals surface area contributed by atoms with Gasteiger partial charge in [-0.1, -0.05) is 19.3 Å².